The molecule has 0 N–H and O–H groups in total. The SMILES string of the molecule is Cc1csc(Cc2cccc(Br)c2)n1. The normalized spacial score (nSPS) is 10.4. The standard InChI is InChI=1S/C11H10BrNS/c1-8-7-14-11(13-8)6-9-3-2-4-10(12)5-9/h2-5,7H,6H2,1H3. The molecule has 14 heavy (non-hydrogen) atoms. The number of aryl methyl sites for hydroxylation is 1. The number of thiazole rings is 1. The van der Waals surface area contributed by atoms with Crippen LogP contribution in [-0.4, -0.2) is 4.98 Å². The zero-order valence-electron chi connectivity index (χ0n) is 7.83. The molecule has 1 nitrogen and oxygen atoms in total. The second-order valence-corrected chi connectivity index (χ2v) is 5.05. The van der Waals surface area contributed by atoms with Crippen molar-refractivity contribution in [3.05, 3.63) is 50.4 Å². The lowest BCUT2D eigenvalue weighted by molar-refractivity contribution is 1.10. The van der Waals surface area contributed by atoms with Crippen LogP contribution in [0.4, 0.5) is 0 Å². The quantitative estimate of drug-likeness (QED) is 0.807. The summed E-state index contributed by atoms with van der Waals surface area (Å²) in [4.78, 5) is 4.44. The van der Waals surface area contributed by atoms with Gasteiger partial charge in [0.1, 0.15) is 0 Å². The van der Waals surface area contributed by atoms with Gasteiger partial charge in [-0.25, -0.2) is 4.98 Å². The molecule has 0 saturated carbocycles. The van der Waals surface area contributed by atoms with Crippen LogP contribution in [0.3, 0.4) is 0 Å². The van der Waals surface area contributed by atoms with E-state index in [1.54, 1.807) is 11.3 Å². The van der Waals surface area contributed by atoms with Crippen molar-refractivity contribution in [1.82, 2.24) is 4.98 Å². The zero-order valence-corrected chi connectivity index (χ0v) is 10.2. The first kappa shape index (κ1) is 9.87. The third kappa shape index (κ3) is 2.42. The van der Waals surface area contributed by atoms with Crippen molar-refractivity contribution in [3.63, 3.8) is 0 Å². The molecule has 0 spiro atoms. The molecule has 0 radical (unpaired) electrons. The zero-order chi connectivity index (χ0) is 9.97. The van der Waals surface area contributed by atoms with E-state index in [0.717, 1.165) is 16.6 Å². The number of hydrogen-bond acceptors (Lipinski definition) is 2. The van der Waals surface area contributed by atoms with Crippen molar-refractivity contribution in [2.75, 3.05) is 0 Å². The predicted octanol–water partition coefficient (Wildman–Crippen LogP) is 3.80. The lowest BCUT2D eigenvalue weighted by atomic mass is 10.2. The molecule has 0 bridgehead atoms. The number of nitrogens with zero attached hydrogens (tertiary/aromatic N) is 1. The average molecular weight is 268 g/mol. The van der Waals surface area contributed by atoms with Gasteiger partial charge in [-0.15, -0.1) is 11.3 Å². The highest BCUT2D eigenvalue weighted by atomic mass is 79.9. The number of aromatic nitrogens is 1. The Kier molecular flexibility index (Phi) is 2.99. The van der Waals surface area contributed by atoms with E-state index < -0.39 is 0 Å². The van der Waals surface area contributed by atoms with Crippen molar-refractivity contribution in [3.8, 4) is 0 Å². The Bertz CT molecular complexity index is 436. The van der Waals surface area contributed by atoms with Gasteiger partial charge in [0.2, 0.25) is 0 Å². The first-order chi connectivity index (χ1) is 6.74. The fraction of sp³-hybridized carbons (Fsp3) is 0.182. The molecule has 1 aromatic heterocycles. The van der Waals surface area contributed by atoms with Crippen LogP contribution >= 0.6 is 27.3 Å². The van der Waals surface area contributed by atoms with E-state index in [1.165, 1.54) is 10.6 Å². The maximum Gasteiger partial charge on any atom is 0.0972 e. The van der Waals surface area contributed by atoms with E-state index in [2.05, 4.69) is 44.5 Å². The molecule has 0 aliphatic rings. The van der Waals surface area contributed by atoms with Crippen LogP contribution in [0.1, 0.15) is 16.3 Å². The van der Waals surface area contributed by atoms with Crippen molar-refractivity contribution in [1.29, 1.82) is 0 Å². The van der Waals surface area contributed by atoms with Crippen LogP contribution in [0, 0.1) is 6.92 Å². The molecule has 0 saturated heterocycles. The fourth-order valence-electron chi connectivity index (χ4n) is 1.31. The fourth-order valence-corrected chi connectivity index (χ4v) is 2.56. The molecular formula is C11H10BrNS. The molecule has 72 valence electrons. The van der Waals surface area contributed by atoms with Crippen LogP contribution in [0.5, 0.6) is 0 Å². The van der Waals surface area contributed by atoms with Gasteiger partial charge in [0.05, 0.1) is 5.01 Å². The van der Waals surface area contributed by atoms with Crippen LogP contribution in [0.15, 0.2) is 34.1 Å². The Morgan fingerprint density at radius 1 is 1.43 bits per heavy atom. The van der Waals surface area contributed by atoms with E-state index in [4.69, 9.17) is 0 Å². The molecule has 0 unspecified atom stereocenters. The monoisotopic (exact) mass is 267 g/mol. The second-order valence-electron chi connectivity index (χ2n) is 3.19. The average Bonchev–Trinajstić information content (AvgIpc) is 2.51. The highest BCUT2D eigenvalue weighted by molar-refractivity contribution is 9.10. The van der Waals surface area contributed by atoms with E-state index in [9.17, 15) is 0 Å². The van der Waals surface area contributed by atoms with Crippen LogP contribution < -0.4 is 0 Å². The summed E-state index contributed by atoms with van der Waals surface area (Å²) in [7, 11) is 0. The summed E-state index contributed by atoms with van der Waals surface area (Å²) in [6.07, 6.45) is 0.929. The molecule has 0 amide bonds. The maximum atomic E-state index is 4.44. The molecule has 0 atom stereocenters. The van der Waals surface area contributed by atoms with Gasteiger partial charge < -0.3 is 0 Å². The summed E-state index contributed by atoms with van der Waals surface area (Å²) in [6, 6.07) is 8.36. The van der Waals surface area contributed by atoms with Crippen LogP contribution in [0.2, 0.25) is 0 Å². The van der Waals surface area contributed by atoms with Gasteiger partial charge in [-0.05, 0) is 24.6 Å². The first-order valence-corrected chi connectivity index (χ1v) is 6.07. The van der Waals surface area contributed by atoms with E-state index in [0.29, 0.717) is 0 Å². The minimum absolute atomic E-state index is 0.929. The Morgan fingerprint density at radius 3 is 2.93 bits per heavy atom. The summed E-state index contributed by atoms with van der Waals surface area (Å²) < 4.78 is 1.13. The Hall–Kier alpha value is -0.670. The smallest absolute Gasteiger partial charge is 0.0972 e. The summed E-state index contributed by atoms with van der Waals surface area (Å²) >= 11 is 5.19. The highest BCUT2D eigenvalue weighted by Gasteiger charge is 2.00. The largest absolute Gasteiger partial charge is 0.246 e. The third-order valence-electron chi connectivity index (χ3n) is 1.91. The highest BCUT2D eigenvalue weighted by Crippen LogP contribution is 2.17. The summed E-state index contributed by atoms with van der Waals surface area (Å²) in [5.41, 5.74) is 2.41. The molecule has 3 heteroatoms. The molecule has 0 aliphatic carbocycles. The number of benzene rings is 1. The van der Waals surface area contributed by atoms with Gasteiger partial charge in [0.15, 0.2) is 0 Å². The summed E-state index contributed by atoms with van der Waals surface area (Å²) in [6.45, 7) is 2.03. The molecule has 2 aromatic rings. The Morgan fingerprint density at radius 2 is 2.29 bits per heavy atom. The van der Waals surface area contributed by atoms with E-state index in [-0.39, 0.29) is 0 Å². The lowest BCUT2D eigenvalue weighted by Crippen LogP contribution is -1.86. The number of halogens is 1. The maximum absolute atomic E-state index is 4.44. The predicted molar refractivity (Wildman–Crippen MR) is 63.8 cm³/mol. The molecule has 1 aromatic carbocycles. The molecule has 1 heterocycles. The molecule has 2 rings (SSSR count). The minimum atomic E-state index is 0.929. The third-order valence-corrected chi connectivity index (χ3v) is 3.37. The lowest BCUT2D eigenvalue weighted by Gasteiger charge is -1.98. The van der Waals surface area contributed by atoms with E-state index >= 15 is 0 Å². The topological polar surface area (TPSA) is 12.9 Å². The number of hydrogen-bond donors (Lipinski definition) is 0. The Labute approximate surface area is 95.9 Å². The van der Waals surface area contributed by atoms with Crippen LogP contribution in [-0.2, 0) is 6.42 Å². The number of rotatable bonds is 2. The molecule has 0 aliphatic heterocycles. The van der Waals surface area contributed by atoms with Crippen molar-refractivity contribution in [2.45, 2.75) is 13.3 Å². The molecule has 0 fully saturated rings. The Balaban J connectivity index is 2.18. The van der Waals surface area contributed by atoms with Crippen LogP contribution in [0.25, 0.3) is 0 Å². The van der Waals surface area contributed by atoms with Crippen molar-refractivity contribution < 1.29 is 0 Å². The van der Waals surface area contributed by atoms with Gasteiger partial charge in [-0.2, -0.15) is 0 Å². The first-order valence-electron chi connectivity index (χ1n) is 4.39. The minimum Gasteiger partial charge on any atom is -0.246 e. The van der Waals surface area contributed by atoms with Gasteiger partial charge in [0, 0.05) is 22.0 Å². The van der Waals surface area contributed by atoms with Gasteiger partial charge >= 0.3 is 0 Å². The van der Waals surface area contributed by atoms with E-state index in [1.807, 2.05) is 13.0 Å². The summed E-state index contributed by atoms with van der Waals surface area (Å²) in [5, 5.41) is 3.27. The van der Waals surface area contributed by atoms with Gasteiger partial charge in [0.25, 0.3) is 0 Å². The van der Waals surface area contributed by atoms with Gasteiger partial charge in [-0.1, -0.05) is 28.1 Å². The molecular weight excluding hydrogens is 258 g/mol. The van der Waals surface area contributed by atoms with Crippen molar-refractivity contribution in [2.24, 2.45) is 0 Å². The van der Waals surface area contributed by atoms with Gasteiger partial charge in [-0.3, -0.25) is 0 Å². The second kappa shape index (κ2) is 4.24. The summed E-state index contributed by atoms with van der Waals surface area (Å²) in [5.74, 6) is 0. The van der Waals surface area contributed by atoms with Crippen molar-refractivity contribution >= 4 is 27.3 Å².